The topological polar surface area (TPSA) is 21.4 Å². The highest BCUT2D eigenvalue weighted by atomic mass is 16.3. The molecule has 0 unspecified atom stereocenters. The van der Waals surface area contributed by atoms with Gasteiger partial charge in [-0.25, -0.2) is 9.41 Å². The molecule has 0 bridgehead atoms. The van der Waals surface area contributed by atoms with Crippen LogP contribution in [0, 0.1) is 27.3 Å². The average Bonchev–Trinajstić information content (AvgIpc) is 2.96. The van der Waals surface area contributed by atoms with Crippen molar-refractivity contribution in [3.63, 3.8) is 0 Å². The van der Waals surface area contributed by atoms with Gasteiger partial charge >= 0.3 is 0 Å². The third kappa shape index (κ3) is 2.30. The van der Waals surface area contributed by atoms with Crippen molar-refractivity contribution in [2.45, 2.75) is 20.8 Å². The lowest BCUT2D eigenvalue weighted by atomic mass is 9.99. The summed E-state index contributed by atoms with van der Waals surface area (Å²) in [7, 11) is 1.95. The fourth-order valence-electron chi connectivity index (χ4n) is 3.43. The summed E-state index contributed by atoms with van der Waals surface area (Å²) in [6, 6.07) is 10.6. The van der Waals surface area contributed by atoms with E-state index in [0.717, 1.165) is 44.3 Å². The zero-order chi connectivity index (χ0) is 18.6. The minimum Gasteiger partial charge on any atom is -0.466 e. The number of fused-ring (bicyclic) bond motifs is 3. The summed E-state index contributed by atoms with van der Waals surface area (Å²) in [5.41, 5.74) is 7.07. The van der Waals surface area contributed by atoms with Crippen LogP contribution in [0.5, 0.6) is 0 Å². The minimum absolute atomic E-state index is 0.511. The Morgan fingerprint density at radius 3 is 2.60 bits per heavy atom. The summed E-state index contributed by atoms with van der Waals surface area (Å²) in [6.07, 6.45) is 1.82. The van der Waals surface area contributed by atoms with Crippen LogP contribution in [-0.4, -0.2) is 0 Å². The first-order chi connectivity index (χ1) is 12.4. The number of pyridine rings is 1. The van der Waals surface area contributed by atoms with E-state index in [9.17, 15) is 0 Å². The van der Waals surface area contributed by atoms with Gasteiger partial charge in [-0.1, -0.05) is 23.8 Å². The molecule has 0 spiro atoms. The third-order valence-electron chi connectivity index (χ3n) is 4.67. The van der Waals surface area contributed by atoms with Gasteiger partial charge in [0, 0.05) is 22.9 Å². The second-order valence-electron chi connectivity index (χ2n) is 6.61. The molecule has 0 radical (unpaired) electrons. The van der Waals surface area contributed by atoms with Crippen LogP contribution >= 0.6 is 0 Å². The van der Waals surface area contributed by atoms with Crippen molar-refractivity contribution in [1.82, 2.24) is 0 Å². The van der Waals surface area contributed by atoms with Crippen LogP contribution < -0.4 is 4.57 Å². The summed E-state index contributed by atoms with van der Waals surface area (Å²) in [4.78, 5) is 3.65. The summed E-state index contributed by atoms with van der Waals surface area (Å²) < 4.78 is 16.2. The third-order valence-corrected chi connectivity index (χ3v) is 4.67. The standard InChI is InChI=1S/C22H19N2O/c1-13-8-9-24(5)19(12-13)20-15(3)6-7-16-17-10-14(2)11-18(23-4)21(17)25-22(16)20/h6-12H,1-3,5H3/q+1/i8D. The van der Waals surface area contributed by atoms with Gasteiger partial charge in [-0.15, -0.1) is 0 Å². The average molecular weight is 328 g/mol. The maximum atomic E-state index is 8.02. The highest BCUT2D eigenvalue weighted by Gasteiger charge is 2.21. The van der Waals surface area contributed by atoms with E-state index >= 15 is 0 Å². The van der Waals surface area contributed by atoms with Crippen molar-refractivity contribution in [3.05, 3.63) is 70.7 Å². The van der Waals surface area contributed by atoms with E-state index < -0.39 is 0 Å². The van der Waals surface area contributed by atoms with Crippen LogP contribution in [0.25, 0.3) is 38.0 Å². The van der Waals surface area contributed by atoms with Crippen LogP contribution in [0.15, 0.2) is 47.0 Å². The molecule has 122 valence electrons. The molecular formula is C22H19N2O+. The molecule has 0 saturated heterocycles. The number of furan rings is 1. The smallest absolute Gasteiger partial charge is 0.229 e. The monoisotopic (exact) mass is 328 g/mol. The SMILES string of the molecule is [2H]c1c[n+](C)c(-c2c(C)ccc3c2oc2c([N+]#[C-])cc(C)cc23)cc1C. The molecule has 3 heteroatoms. The first-order valence-electron chi connectivity index (χ1n) is 8.72. The van der Waals surface area contributed by atoms with Crippen molar-refractivity contribution in [2.75, 3.05) is 0 Å². The maximum absolute atomic E-state index is 8.02. The van der Waals surface area contributed by atoms with Crippen molar-refractivity contribution in [2.24, 2.45) is 7.05 Å². The molecule has 0 atom stereocenters. The van der Waals surface area contributed by atoms with E-state index in [1.54, 1.807) is 0 Å². The van der Waals surface area contributed by atoms with Crippen LogP contribution in [0.1, 0.15) is 18.1 Å². The number of hydrogen-bond donors (Lipinski definition) is 0. The Labute approximate surface area is 148 Å². The quantitative estimate of drug-likeness (QED) is 0.331. The zero-order valence-electron chi connectivity index (χ0n) is 15.8. The Hall–Kier alpha value is -3.12. The van der Waals surface area contributed by atoms with Gasteiger partial charge in [-0.2, -0.15) is 0 Å². The van der Waals surface area contributed by atoms with Gasteiger partial charge in [0.25, 0.3) is 0 Å². The summed E-state index contributed by atoms with van der Waals surface area (Å²) in [5.74, 6) is 0. The van der Waals surface area contributed by atoms with Gasteiger partial charge in [0.05, 0.1) is 13.5 Å². The van der Waals surface area contributed by atoms with Gasteiger partial charge in [0.15, 0.2) is 6.20 Å². The Morgan fingerprint density at radius 2 is 1.84 bits per heavy atom. The lowest BCUT2D eigenvalue weighted by Gasteiger charge is -2.06. The highest BCUT2D eigenvalue weighted by Crippen LogP contribution is 2.40. The number of benzene rings is 2. The van der Waals surface area contributed by atoms with Crippen LogP contribution in [-0.2, 0) is 7.05 Å². The van der Waals surface area contributed by atoms with E-state index in [0.29, 0.717) is 17.3 Å². The first-order valence-corrected chi connectivity index (χ1v) is 8.22. The number of aryl methyl sites for hydroxylation is 4. The fourth-order valence-corrected chi connectivity index (χ4v) is 3.43. The zero-order valence-corrected chi connectivity index (χ0v) is 14.8. The molecule has 3 nitrogen and oxygen atoms in total. The predicted octanol–water partition coefficient (Wildman–Crippen LogP) is 5.55. The Bertz CT molecular complexity index is 1250. The second kappa shape index (κ2) is 5.46. The van der Waals surface area contributed by atoms with Gasteiger partial charge in [0.1, 0.15) is 18.2 Å². The molecule has 0 aliphatic heterocycles. The molecule has 4 aromatic rings. The maximum Gasteiger partial charge on any atom is 0.229 e. The molecule has 2 heterocycles. The van der Waals surface area contributed by atoms with E-state index in [-0.39, 0.29) is 0 Å². The molecular weight excluding hydrogens is 308 g/mol. The van der Waals surface area contributed by atoms with Crippen LogP contribution in [0.4, 0.5) is 5.69 Å². The van der Waals surface area contributed by atoms with Crippen molar-refractivity contribution in [3.8, 4) is 11.3 Å². The molecule has 0 fully saturated rings. The highest BCUT2D eigenvalue weighted by molar-refractivity contribution is 6.13. The van der Waals surface area contributed by atoms with Crippen molar-refractivity contribution < 1.29 is 10.4 Å². The van der Waals surface area contributed by atoms with E-state index in [1.807, 2.05) is 43.8 Å². The lowest BCUT2D eigenvalue weighted by molar-refractivity contribution is -0.660. The van der Waals surface area contributed by atoms with Gasteiger partial charge in [0.2, 0.25) is 11.4 Å². The van der Waals surface area contributed by atoms with Crippen LogP contribution in [0.3, 0.4) is 0 Å². The molecule has 0 N–H and O–H groups in total. The molecule has 2 aromatic carbocycles. The largest absolute Gasteiger partial charge is 0.466 e. The predicted molar refractivity (Wildman–Crippen MR) is 101 cm³/mol. The lowest BCUT2D eigenvalue weighted by Crippen LogP contribution is -2.30. The molecule has 25 heavy (non-hydrogen) atoms. The van der Waals surface area contributed by atoms with Crippen LogP contribution in [0.2, 0.25) is 0 Å². The van der Waals surface area contributed by atoms with Crippen molar-refractivity contribution >= 4 is 27.6 Å². The van der Waals surface area contributed by atoms with Gasteiger partial charge in [-0.3, -0.25) is 0 Å². The Morgan fingerprint density at radius 1 is 1.04 bits per heavy atom. The summed E-state index contributed by atoms with van der Waals surface area (Å²) >= 11 is 0. The normalized spacial score (nSPS) is 11.7. The molecule has 2 aromatic heterocycles. The second-order valence-corrected chi connectivity index (χ2v) is 6.61. The molecule has 0 amide bonds. The molecule has 0 aliphatic carbocycles. The summed E-state index contributed by atoms with van der Waals surface area (Å²) in [6.45, 7) is 13.5. The van der Waals surface area contributed by atoms with E-state index in [2.05, 4.69) is 30.0 Å². The molecule has 0 aliphatic rings. The number of rotatable bonds is 1. The number of aromatic nitrogens is 1. The van der Waals surface area contributed by atoms with E-state index in [1.165, 1.54) is 0 Å². The first kappa shape index (κ1) is 14.2. The number of nitrogens with zero attached hydrogens (tertiary/aromatic N) is 2. The van der Waals surface area contributed by atoms with Gasteiger partial charge < -0.3 is 4.42 Å². The molecule has 0 saturated carbocycles. The summed E-state index contributed by atoms with van der Waals surface area (Å²) in [5, 5.41) is 1.99. The molecule has 4 rings (SSSR count). The van der Waals surface area contributed by atoms with Crippen molar-refractivity contribution in [1.29, 1.82) is 0 Å². The fraction of sp³-hybridized carbons (Fsp3) is 0.182. The Kier molecular flexibility index (Phi) is 3.11. The number of hydrogen-bond acceptors (Lipinski definition) is 1. The Balaban J connectivity index is 2.17. The minimum atomic E-state index is 0.511. The van der Waals surface area contributed by atoms with E-state index in [4.69, 9.17) is 12.4 Å². The van der Waals surface area contributed by atoms with Gasteiger partial charge in [-0.05, 0) is 38.0 Å².